The maximum absolute atomic E-state index is 12.6. The number of fused-ring (bicyclic) bond motifs is 5. The molecule has 1 amide bonds. The SMILES string of the molecule is [B][C@]1(O)C[C@@]2(C)C(CC[C@@H]2/C(C)=C\C)C2CCC3N(CC)C(=O)CC[C@]3(C)C21. The molecule has 8 atom stereocenters. The summed E-state index contributed by atoms with van der Waals surface area (Å²) in [7, 11) is 6.82. The Morgan fingerprint density at radius 2 is 1.96 bits per heavy atom. The summed E-state index contributed by atoms with van der Waals surface area (Å²) in [5, 5.41) is 11.7. The van der Waals surface area contributed by atoms with Crippen molar-refractivity contribution >= 4 is 13.8 Å². The minimum Gasteiger partial charge on any atom is -0.399 e. The largest absolute Gasteiger partial charge is 0.399 e. The fraction of sp³-hybridized carbons (Fsp3) is 0.875. The van der Waals surface area contributed by atoms with E-state index >= 15 is 0 Å². The number of allylic oxidation sites excluding steroid dienone is 2. The summed E-state index contributed by atoms with van der Waals surface area (Å²) in [6.07, 6.45) is 9.03. The Hall–Kier alpha value is -0.765. The summed E-state index contributed by atoms with van der Waals surface area (Å²) >= 11 is 0. The quantitative estimate of drug-likeness (QED) is 0.571. The Labute approximate surface area is 172 Å². The fourth-order valence-corrected chi connectivity index (χ4v) is 8.73. The van der Waals surface area contributed by atoms with Crippen molar-refractivity contribution in [2.45, 2.75) is 91.1 Å². The highest BCUT2D eigenvalue weighted by Gasteiger charge is 2.66. The molecular formula is C24H38BNO2. The standard InChI is InChI=1S/C24H38BNO2/c1-6-15(3)17-9-10-18-16-8-11-19-22(4,13-12-20(27)26(19)7-2)21(16)24(25,28)14-23(17,18)5/h6,16-19,21,28H,7-14H2,1-5H3/b15-6-/t16?,17-,18?,19?,21?,22+,23-,24+/m1/s1. The molecule has 3 saturated carbocycles. The van der Waals surface area contributed by atoms with Crippen molar-refractivity contribution in [1.29, 1.82) is 0 Å². The highest BCUT2D eigenvalue weighted by molar-refractivity contribution is 6.14. The van der Waals surface area contributed by atoms with Crippen molar-refractivity contribution in [3.63, 3.8) is 0 Å². The zero-order chi connectivity index (χ0) is 20.5. The number of nitrogens with zero attached hydrogens (tertiary/aromatic N) is 1. The Balaban J connectivity index is 1.74. The number of carbonyl (C=O) groups excluding carboxylic acids is 1. The number of likely N-dealkylation sites (tertiary alicyclic amines) is 1. The van der Waals surface area contributed by atoms with Gasteiger partial charge < -0.3 is 10.0 Å². The number of amides is 1. The second-order valence-electron chi connectivity index (χ2n) is 10.9. The maximum atomic E-state index is 12.6. The summed E-state index contributed by atoms with van der Waals surface area (Å²) in [6, 6.07) is 0.230. The molecular weight excluding hydrogens is 345 g/mol. The molecule has 4 heteroatoms. The van der Waals surface area contributed by atoms with E-state index < -0.39 is 5.50 Å². The van der Waals surface area contributed by atoms with E-state index in [1.807, 2.05) is 0 Å². The molecule has 28 heavy (non-hydrogen) atoms. The molecule has 1 aliphatic heterocycles. The Kier molecular flexibility index (Phi) is 4.85. The van der Waals surface area contributed by atoms with Crippen molar-refractivity contribution in [2.75, 3.05) is 6.54 Å². The van der Waals surface area contributed by atoms with Gasteiger partial charge in [0.25, 0.3) is 0 Å². The van der Waals surface area contributed by atoms with Crippen molar-refractivity contribution < 1.29 is 9.90 Å². The third kappa shape index (κ3) is 2.62. The first kappa shape index (κ1) is 20.5. The van der Waals surface area contributed by atoms with E-state index in [4.69, 9.17) is 7.85 Å². The van der Waals surface area contributed by atoms with Gasteiger partial charge in [0.15, 0.2) is 0 Å². The Bertz CT molecular complexity index is 688. The van der Waals surface area contributed by atoms with Gasteiger partial charge in [-0.25, -0.2) is 0 Å². The Morgan fingerprint density at radius 1 is 1.25 bits per heavy atom. The molecule has 0 bridgehead atoms. The lowest BCUT2D eigenvalue weighted by Crippen LogP contribution is -2.69. The summed E-state index contributed by atoms with van der Waals surface area (Å²) in [5.41, 5.74) is 0.310. The minimum absolute atomic E-state index is 0.0780. The van der Waals surface area contributed by atoms with Crippen molar-refractivity contribution in [3.05, 3.63) is 11.6 Å². The molecule has 0 aromatic carbocycles. The minimum atomic E-state index is -1.15. The van der Waals surface area contributed by atoms with Gasteiger partial charge in [-0.15, -0.1) is 0 Å². The van der Waals surface area contributed by atoms with Crippen LogP contribution in [0, 0.1) is 34.5 Å². The van der Waals surface area contributed by atoms with E-state index in [0.29, 0.717) is 30.6 Å². The molecule has 4 aliphatic rings. The van der Waals surface area contributed by atoms with Gasteiger partial charge in [0.05, 0.1) is 0 Å². The summed E-state index contributed by atoms with van der Waals surface area (Å²) in [6.45, 7) is 12.0. The van der Waals surface area contributed by atoms with E-state index in [2.05, 4.69) is 45.6 Å². The second-order valence-corrected chi connectivity index (χ2v) is 10.9. The van der Waals surface area contributed by atoms with Crippen molar-refractivity contribution in [2.24, 2.45) is 34.5 Å². The van der Waals surface area contributed by atoms with Crippen LogP contribution in [0.3, 0.4) is 0 Å². The Morgan fingerprint density at radius 3 is 2.61 bits per heavy atom. The smallest absolute Gasteiger partial charge is 0.222 e. The van der Waals surface area contributed by atoms with E-state index in [0.717, 1.165) is 25.8 Å². The number of piperidine rings is 1. The highest BCUT2D eigenvalue weighted by atomic mass is 16.3. The van der Waals surface area contributed by atoms with Crippen LogP contribution in [0.1, 0.15) is 79.6 Å². The summed E-state index contributed by atoms with van der Waals surface area (Å²) < 4.78 is 0. The van der Waals surface area contributed by atoms with Crippen LogP contribution in [0.5, 0.6) is 0 Å². The predicted octanol–water partition coefficient (Wildman–Crippen LogP) is 4.29. The molecule has 0 spiro atoms. The van der Waals surface area contributed by atoms with Gasteiger partial charge in [-0.2, -0.15) is 0 Å². The van der Waals surface area contributed by atoms with Gasteiger partial charge in [-0.05, 0) is 93.8 Å². The normalized spacial score (nSPS) is 51.5. The van der Waals surface area contributed by atoms with Crippen LogP contribution in [0.2, 0.25) is 0 Å². The molecule has 0 aromatic heterocycles. The van der Waals surface area contributed by atoms with E-state index in [9.17, 15) is 9.90 Å². The molecule has 4 unspecified atom stereocenters. The maximum Gasteiger partial charge on any atom is 0.222 e. The predicted molar refractivity (Wildman–Crippen MR) is 114 cm³/mol. The molecule has 1 saturated heterocycles. The highest BCUT2D eigenvalue weighted by Crippen LogP contribution is 2.68. The van der Waals surface area contributed by atoms with Crippen LogP contribution in [0.25, 0.3) is 0 Å². The van der Waals surface area contributed by atoms with Crippen LogP contribution in [-0.4, -0.2) is 41.8 Å². The molecule has 0 aromatic rings. The van der Waals surface area contributed by atoms with Gasteiger partial charge in [0, 0.05) is 24.5 Å². The molecule has 3 nitrogen and oxygen atoms in total. The van der Waals surface area contributed by atoms with E-state index in [-0.39, 0.29) is 28.7 Å². The van der Waals surface area contributed by atoms with E-state index in [1.165, 1.54) is 18.4 Å². The molecule has 154 valence electrons. The van der Waals surface area contributed by atoms with Gasteiger partial charge in [-0.1, -0.05) is 25.5 Å². The molecule has 3 aliphatic carbocycles. The van der Waals surface area contributed by atoms with Crippen LogP contribution < -0.4 is 0 Å². The molecule has 4 rings (SSSR count). The van der Waals surface area contributed by atoms with Gasteiger partial charge >= 0.3 is 0 Å². The number of aliphatic hydroxyl groups is 1. The number of hydrogen-bond acceptors (Lipinski definition) is 2. The summed E-state index contributed by atoms with van der Waals surface area (Å²) in [4.78, 5) is 14.6. The third-order valence-corrected chi connectivity index (χ3v) is 9.72. The fourth-order valence-electron chi connectivity index (χ4n) is 8.73. The number of hydrogen-bond donors (Lipinski definition) is 1. The lowest BCUT2D eigenvalue weighted by Gasteiger charge is -2.66. The van der Waals surface area contributed by atoms with Gasteiger partial charge in [0.2, 0.25) is 5.91 Å². The zero-order valence-corrected chi connectivity index (χ0v) is 18.5. The molecule has 1 heterocycles. The average molecular weight is 383 g/mol. The topological polar surface area (TPSA) is 40.5 Å². The van der Waals surface area contributed by atoms with Crippen molar-refractivity contribution in [3.8, 4) is 0 Å². The zero-order valence-electron chi connectivity index (χ0n) is 18.5. The van der Waals surface area contributed by atoms with Crippen LogP contribution in [0.4, 0.5) is 0 Å². The van der Waals surface area contributed by atoms with E-state index in [1.54, 1.807) is 0 Å². The monoisotopic (exact) mass is 383 g/mol. The van der Waals surface area contributed by atoms with Crippen LogP contribution in [0.15, 0.2) is 11.6 Å². The molecule has 4 fully saturated rings. The average Bonchev–Trinajstić information content (AvgIpc) is 2.96. The lowest BCUT2D eigenvalue weighted by molar-refractivity contribution is -0.196. The third-order valence-electron chi connectivity index (χ3n) is 9.72. The van der Waals surface area contributed by atoms with Gasteiger partial charge in [-0.3, -0.25) is 4.79 Å². The first-order chi connectivity index (χ1) is 13.1. The molecule has 2 radical (unpaired) electrons. The first-order valence-electron chi connectivity index (χ1n) is 11.5. The van der Waals surface area contributed by atoms with Crippen LogP contribution >= 0.6 is 0 Å². The number of rotatable bonds is 2. The van der Waals surface area contributed by atoms with Crippen LogP contribution in [-0.2, 0) is 4.79 Å². The number of carbonyl (C=O) groups is 1. The lowest BCUT2D eigenvalue weighted by atomic mass is 9.39. The molecule has 1 N–H and O–H groups in total. The first-order valence-corrected chi connectivity index (χ1v) is 11.5. The van der Waals surface area contributed by atoms with Gasteiger partial charge in [0.1, 0.15) is 7.85 Å². The van der Waals surface area contributed by atoms with Crippen molar-refractivity contribution in [1.82, 2.24) is 4.90 Å². The summed E-state index contributed by atoms with van der Waals surface area (Å²) in [5.74, 6) is 2.00. The second kappa shape index (κ2) is 6.62.